The number of thiophene rings is 1. The summed E-state index contributed by atoms with van der Waals surface area (Å²) in [6, 6.07) is 17.2. The molecule has 1 atom stereocenters. The molecule has 0 aliphatic heterocycles. The van der Waals surface area contributed by atoms with Gasteiger partial charge in [0.25, 0.3) is 11.6 Å². The Labute approximate surface area is 203 Å². The van der Waals surface area contributed by atoms with Crippen LogP contribution in [0, 0.1) is 17.0 Å². The van der Waals surface area contributed by atoms with Crippen LogP contribution in [0.5, 0.6) is 0 Å². The fourth-order valence-electron chi connectivity index (χ4n) is 3.59. The highest BCUT2D eigenvalue weighted by Crippen LogP contribution is 2.21. The Balaban J connectivity index is 1.87. The quantitative estimate of drug-likeness (QED) is 0.287. The summed E-state index contributed by atoms with van der Waals surface area (Å²) in [4.78, 5) is 41.9. The van der Waals surface area contributed by atoms with Crippen LogP contribution in [0.2, 0.25) is 0 Å². The number of hydrogen-bond acceptors (Lipinski definition) is 5. The molecule has 3 aromatic rings. The summed E-state index contributed by atoms with van der Waals surface area (Å²) in [5, 5.41) is 13.2. The molecule has 1 heterocycles. The molecule has 0 spiro atoms. The van der Waals surface area contributed by atoms with Gasteiger partial charge in [-0.05, 0) is 48.9 Å². The van der Waals surface area contributed by atoms with E-state index in [4.69, 9.17) is 0 Å². The molecule has 2 amide bonds. The first-order chi connectivity index (χ1) is 16.3. The van der Waals surface area contributed by atoms with Gasteiger partial charge in [-0.1, -0.05) is 43.3 Å². The number of aryl methyl sites for hydroxylation is 1. The number of non-ortho nitro benzene ring substituents is 1. The number of hydrogen-bond donors (Lipinski definition) is 0. The maximum atomic E-state index is 13.6. The Bertz CT molecular complexity index is 1150. The van der Waals surface area contributed by atoms with E-state index >= 15 is 0 Å². The van der Waals surface area contributed by atoms with Crippen LogP contribution in [-0.2, 0) is 17.9 Å². The standard InChI is InChI=1S/C26H29N3O4S/c1-4-20(3)28(26(31)22-11-8-12-23(15-22)29(32)33)18-25(30)27(16-21-9-6-5-7-10-21)17-24-19(2)13-14-34-24/h5-15,20H,4,16-18H2,1-3H3. The molecule has 0 saturated heterocycles. The van der Waals surface area contributed by atoms with Crippen LogP contribution in [0.15, 0.2) is 66.0 Å². The Morgan fingerprint density at radius 3 is 2.41 bits per heavy atom. The third-order valence-corrected chi connectivity index (χ3v) is 6.87. The summed E-state index contributed by atoms with van der Waals surface area (Å²) in [5.74, 6) is -0.561. The molecule has 8 heteroatoms. The number of carbonyl (C=O) groups is 2. The molecule has 3 rings (SSSR count). The number of amides is 2. The molecule has 34 heavy (non-hydrogen) atoms. The van der Waals surface area contributed by atoms with Gasteiger partial charge in [-0.15, -0.1) is 11.3 Å². The lowest BCUT2D eigenvalue weighted by atomic mass is 10.1. The summed E-state index contributed by atoms with van der Waals surface area (Å²) in [6.45, 7) is 6.63. The zero-order valence-corrected chi connectivity index (χ0v) is 20.5. The summed E-state index contributed by atoms with van der Waals surface area (Å²) in [7, 11) is 0. The minimum Gasteiger partial charge on any atom is -0.332 e. The van der Waals surface area contributed by atoms with E-state index in [1.54, 1.807) is 22.3 Å². The largest absolute Gasteiger partial charge is 0.332 e. The second kappa shape index (κ2) is 11.6. The van der Waals surface area contributed by atoms with Gasteiger partial charge in [0.15, 0.2) is 0 Å². The van der Waals surface area contributed by atoms with Gasteiger partial charge < -0.3 is 9.80 Å². The fourth-order valence-corrected chi connectivity index (χ4v) is 4.51. The van der Waals surface area contributed by atoms with Crippen molar-refractivity contribution in [2.75, 3.05) is 6.54 Å². The molecule has 0 aliphatic carbocycles. The maximum absolute atomic E-state index is 13.6. The first-order valence-corrected chi connectivity index (χ1v) is 12.1. The molecule has 2 aromatic carbocycles. The average molecular weight is 480 g/mol. The highest BCUT2D eigenvalue weighted by Gasteiger charge is 2.27. The van der Waals surface area contributed by atoms with Crippen LogP contribution in [0.25, 0.3) is 0 Å². The summed E-state index contributed by atoms with van der Waals surface area (Å²) >= 11 is 1.60. The Morgan fingerprint density at radius 1 is 1.06 bits per heavy atom. The van der Waals surface area contributed by atoms with Crippen molar-refractivity contribution in [2.45, 2.75) is 46.3 Å². The molecule has 0 aliphatic rings. The van der Waals surface area contributed by atoms with Crippen LogP contribution in [-0.4, -0.2) is 39.1 Å². The number of nitrogens with zero attached hydrogens (tertiary/aromatic N) is 3. The molecular formula is C26H29N3O4S. The van der Waals surface area contributed by atoms with Crippen LogP contribution < -0.4 is 0 Å². The van der Waals surface area contributed by atoms with Gasteiger partial charge in [-0.2, -0.15) is 0 Å². The Hall–Kier alpha value is -3.52. The zero-order valence-electron chi connectivity index (χ0n) is 19.6. The Kier molecular flexibility index (Phi) is 8.54. The monoisotopic (exact) mass is 479 g/mol. The van der Waals surface area contributed by atoms with Gasteiger partial charge in [0.1, 0.15) is 6.54 Å². The van der Waals surface area contributed by atoms with Crippen molar-refractivity contribution in [1.82, 2.24) is 9.80 Å². The first kappa shape index (κ1) is 25.1. The van der Waals surface area contributed by atoms with Crippen LogP contribution in [0.3, 0.4) is 0 Å². The summed E-state index contributed by atoms with van der Waals surface area (Å²) in [6.07, 6.45) is 0.649. The van der Waals surface area contributed by atoms with E-state index in [1.165, 1.54) is 23.1 Å². The van der Waals surface area contributed by atoms with Gasteiger partial charge in [0, 0.05) is 35.2 Å². The zero-order chi connectivity index (χ0) is 24.7. The van der Waals surface area contributed by atoms with Crippen molar-refractivity contribution in [2.24, 2.45) is 0 Å². The molecule has 0 saturated carbocycles. The third-order valence-electron chi connectivity index (χ3n) is 5.86. The van der Waals surface area contributed by atoms with E-state index in [0.29, 0.717) is 19.5 Å². The van der Waals surface area contributed by atoms with Crippen molar-refractivity contribution in [1.29, 1.82) is 0 Å². The molecule has 0 N–H and O–H groups in total. The predicted molar refractivity (Wildman–Crippen MR) is 134 cm³/mol. The second-order valence-corrected chi connectivity index (χ2v) is 9.26. The van der Waals surface area contributed by atoms with E-state index < -0.39 is 10.8 Å². The van der Waals surface area contributed by atoms with Gasteiger partial charge in [-0.3, -0.25) is 19.7 Å². The van der Waals surface area contributed by atoms with Crippen LogP contribution in [0.4, 0.5) is 5.69 Å². The van der Waals surface area contributed by atoms with Gasteiger partial charge in [0.2, 0.25) is 5.91 Å². The summed E-state index contributed by atoms with van der Waals surface area (Å²) < 4.78 is 0. The number of nitro groups is 1. The molecule has 178 valence electrons. The average Bonchev–Trinajstić information content (AvgIpc) is 3.25. The topological polar surface area (TPSA) is 83.8 Å². The predicted octanol–water partition coefficient (Wildman–Crippen LogP) is 5.43. The lowest BCUT2D eigenvalue weighted by Gasteiger charge is -2.31. The first-order valence-electron chi connectivity index (χ1n) is 11.2. The van der Waals surface area contributed by atoms with Crippen molar-refractivity contribution >= 4 is 28.8 Å². The normalized spacial score (nSPS) is 11.6. The highest BCUT2D eigenvalue weighted by atomic mass is 32.1. The van der Waals surface area contributed by atoms with E-state index in [1.807, 2.05) is 62.5 Å². The third kappa shape index (κ3) is 6.29. The number of rotatable bonds is 10. The second-order valence-electron chi connectivity index (χ2n) is 8.26. The number of nitro benzene ring substituents is 1. The number of benzene rings is 2. The fraction of sp³-hybridized carbons (Fsp3) is 0.308. The van der Waals surface area contributed by atoms with E-state index in [0.717, 1.165) is 16.0 Å². The van der Waals surface area contributed by atoms with Crippen molar-refractivity contribution in [3.05, 3.63) is 97.7 Å². The van der Waals surface area contributed by atoms with Crippen LogP contribution in [0.1, 0.15) is 46.6 Å². The minimum atomic E-state index is -0.527. The summed E-state index contributed by atoms with van der Waals surface area (Å²) in [5.41, 5.74) is 2.18. The molecule has 0 fully saturated rings. The van der Waals surface area contributed by atoms with Gasteiger partial charge >= 0.3 is 0 Å². The maximum Gasteiger partial charge on any atom is 0.270 e. The highest BCUT2D eigenvalue weighted by molar-refractivity contribution is 7.10. The molecule has 0 bridgehead atoms. The van der Waals surface area contributed by atoms with E-state index in [9.17, 15) is 19.7 Å². The Morgan fingerprint density at radius 2 is 1.79 bits per heavy atom. The SMILES string of the molecule is CCC(C)N(CC(=O)N(Cc1ccccc1)Cc1sccc1C)C(=O)c1cccc([N+](=O)[O-])c1. The van der Waals surface area contributed by atoms with Crippen LogP contribution >= 0.6 is 11.3 Å². The van der Waals surface area contributed by atoms with Crippen molar-refractivity contribution in [3.8, 4) is 0 Å². The number of carbonyl (C=O) groups excluding carboxylic acids is 2. The smallest absolute Gasteiger partial charge is 0.270 e. The minimum absolute atomic E-state index is 0.103. The lowest BCUT2D eigenvalue weighted by molar-refractivity contribution is -0.384. The molecule has 0 radical (unpaired) electrons. The van der Waals surface area contributed by atoms with Gasteiger partial charge in [0.05, 0.1) is 11.5 Å². The van der Waals surface area contributed by atoms with Gasteiger partial charge in [-0.25, -0.2) is 0 Å². The molecule has 1 unspecified atom stereocenters. The molecular weight excluding hydrogens is 450 g/mol. The lowest BCUT2D eigenvalue weighted by Crippen LogP contribution is -2.46. The van der Waals surface area contributed by atoms with E-state index in [-0.39, 0.29) is 29.7 Å². The van der Waals surface area contributed by atoms with E-state index in [2.05, 4.69) is 0 Å². The molecule has 1 aromatic heterocycles. The van der Waals surface area contributed by atoms with Crippen molar-refractivity contribution < 1.29 is 14.5 Å². The van der Waals surface area contributed by atoms with Crippen molar-refractivity contribution in [3.63, 3.8) is 0 Å². The molecule has 7 nitrogen and oxygen atoms in total.